The zero-order valence-corrected chi connectivity index (χ0v) is 24.6. The fourth-order valence-electron chi connectivity index (χ4n) is 7.39. The minimum atomic E-state index is -4.93. The molecular weight excluding hydrogens is 574 g/mol. The number of alkyl halides is 6. The van der Waals surface area contributed by atoms with Crippen LogP contribution in [0.2, 0.25) is 0 Å². The number of hydrogen-bond acceptors (Lipinski definition) is 5. The standard InChI is InChI=1S/C32H38F6N2O3/c1-4-42-27(41)28(2)12-8-14-40(20-28)26-18-30(22-9-6-5-7-10-22)29(3,13-11-25(26)39-30)43-19-21-15-23(31(33,34)35)17-24(16-21)32(36,37)38/h5-7,9-10,15-17,25-26,39H,4,8,11-14,18-20H2,1-3H3/t25-,26+,28?,29+,30+/m0/s1. The van der Waals surface area contributed by atoms with E-state index in [0.29, 0.717) is 32.4 Å². The first-order valence-corrected chi connectivity index (χ1v) is 14.8. The van der Waals surface area contributed by atoms with Crippen LogP contribution in [0.5, 0.6) is 0 Å². The van der Waals surface area contributed by atoms with Crippen molar-refractivity contribution < 1.29 is 40.6 Å². The Morgan fingerprint density at radius 1 is 1.00 bits per heavy atom. The molecule has 3 heterocycles. The summed E-state index contributed by atoms with van der Waals surface area (Å²) < 4.78 is 93.0. The minimum Gasteiger partial charge on any atom is -0.466 e. The molecule has 0 spiro atoms. The molecule has 2 aromatic rings. The second kappa shape index (κ2) is 11.4. The number of benzene rings is 2. The van der Waals surface area contributed by atoms with E-state index in [9.17, 15) is 31.1 Å². The third kappa shape index (κ3) is 6.04. The van der Waals surface area contributed by atoms with Gasteiger partial charge in [-0.1, -0.05) is 30.3 Å². The number of fused-ring (bicyclic) bond motifs is 2. The Hall–Kier alpha value is -2.63. The molecule has 236 valence electrons. The predicted molar refractivity (Wildman–Crippen MR) is 148 cm³/mol. The smallest absolute Gasteiger partial charge is 0.416 e. The van der Waals surface area contributed by atoms with Crippen LogP contribution in [0.1, 0.15) is 75.1 Å². The number of halogens is 6. The van der Waals surface area contributed by atoms with Gasteiger partial charge in [0.2, 0.25) is 0 Å². The van der Waals surface area contributed by atoms with Gasteiger partial charge in [-0.3, -0.25) is 9.69 Å². The molecule has 0 radical (unpaired) electrons. The van der Waals surface area contributed by atoms with Crippen LogP contribution in [-0.2, 0) is 38.8 Å². The van der Waals surface area contributed by atoms with Crippen molar-refractivity contribution in [2.75, 3.05) is 19.7 Å². The highest BCUT2D eigenvalue weighted by atomic mass is 19.4. The molecular formula is C32H38F6N2O3. The zero-order chi connectivity index (χ0) is 31.3. The summed E-state index contributed by atoms with van der Waals surface area (Å²) in [6.45, 7) is 6.87. The summed E-state index contributed by atoms with van der Waals surface area (Å²) in [6.07, 6.45) is -6.46. The fraction of sp³-hybridized carbons (Fsp3) is 0.594. The van der Waals surface area contributed by atoms with E-state index in [-0.39, 0.29) is 29.7 Å². The zero-order valence-electron chi connectivity index (χ0n) is 24.6. The minimum absolute atomic E-state index is 0.0464. The van der Waals surface area contributed by atoms with Crippen molar-refractivity contribution in [1.29, 1.82) is 0 Å². The molecule has 3 aliphatic rings. The normalized spacial score (nSPS) is 31.7. The summed E-state index contributed by atoms with van der Waals surface area (Å²) >= 11 is 0. The quantitative estimate of drug-likeness (QED) is 0.268. The van der Waals surface area contributed by atoms with Crippen molar-refractivity contribution in [2.24, 2.45) is 5.41 Å². The highest BCUT2D eigenvalue weighted by Crippen LogP contribution is 2.53. The van der Waals surface area contributed by atoms with E-state index in [0.717, 1.165) is 37.1 Å². The molecule has 0 amide bonds. The fourth-order valence-corrected chi connectivity index (χ4v) is 7.39. The average molecular weight is 613 g/mol. The molecule has 1 unspecified atom stereocenters. The average Bonchev–Trinajstić information content (AvgIpc) is 3.31. The summed E-state index contributed by atoms with van der Waals surface area (Å²) in [7, 11) is 0. The van der Waals surface area contributed by atoms with Crippen molar-refractivity contribution in [3.63, 3.8) is 0 Å². The maximum absolute atomic E-state index is 13.5. The summed E-state index contributed by atoms with van der Waals surface area (Å²) in [5.74, 6) is -0.209. The Bertz CT molecular complexity index is 1290. The molecule has 3 saturated heterocycles. The van der Waals surface area contributed by atoms with Gasteiger partial charge in [-0.2, -0.15) is 26.3 Å². The van der Waals surface area contributed by atoms with E-state index >= 15 is 0 Å². The molecule has 2 aromatic carbocycles. The van der Waals surface area contributed by atoms with Gasteiger partial charge in [0.05, 0.1) is 40.9 Å². The van der Waals surface area contributed by atoms with Crippen molar-refractivity contribution in [3.8, 4) is 0 Å². The van der Waals surface area contributed by atoms with Crippen molar-refractivity contribution in [2.45, 2.75) is 95.1 Å². The second-order valence-electron chi connectivity index (χ2n) is 12.6. The third-order valence-corrected chi connectivity index (χ3v) is 9.68. The molecule has 11 heteroatoms. The van der Waals surface area contributed by atoms with Crippen LogP contribution < -0.4 is 5.32 Å². The van der Waals surface area contributed by atoms with Gasteiger partial charge in [0.15, 0.2) is 0 Å². The maximum atomic E-state index is 13.5. The van der Waals surface area contributed by atoms with Gasteiger partial charge in [-0.15, -0.1) is 0 Å². The Morgan fingerprint density at radius 3 is 2.26 bits per heavy atom. The number of esters is 1. The SMILES string of the molecule is CCOC(=O)C1(C)CCCN([C@@H]2C[C@]3(c4ccccc4)N[C@H]2CC[C@@]3(C)OCc2cc(C(F)(F)F)cc(C(F)(F)F)c2)C1. The van der Waals surface area contributed by atoms with E-state index in [1.807, 2.05) is 44.2 Å². The Kier molecular flexibility index (Phi) is 8.41. The van der Waals surface area contributed by atoms with E-state index in [4.69, 9.17) is 9.47 Å². The third-order valence-electron chi connectivity index (χ3n) is 9.68. The molecule has 3 fully saturated rings. The highest BCUT2D eigenvalue weighted by Gasteiger charge is 2.62. The predicted octanol–water partition coefficient (Wildman–Crippen LogP) is 7.08. The lowest BCUT2D eigenvalue weighted by Crippen LogP contribution is -2.62. The van der Waals surface area contributed by atoms with Crippen LogP contribution in [-0.4, -0.2) is 48.3 Å². The van der Waals surface area contributed by atoms with Gasteiger partial charge in [0.25, 0.3) is 0 Å². The molecule has 5 atom stereocenters. The van der Waals surface area contributed by atoms with E-state index < -0.39 is 46.6 Å². The van der Waals surface area contributed by atoms with E-state index in [1.54, 1.807) is 6.92 Å². The van der Waals surface area contributed by atoms with Gasteiger partial charge < -0.3 is 14.8 Å². The van der Waals surface area contributed by atoms with Gasteiger partial charge in [-0.25, -0.2) is 0 Å². The van der Waals surface area contributed by atoms with Crippen LogP contribution in [0.25, 0.3) is 0 Å². The van der Waals surface area contributed by atoms with Crippen LogP contribution in [0.3, 0.4) is 0 Å². The molecule has 0 aromatic heterocycles. The van der Waals surface area contributed by atoms with Gasteiger partial charge in [0.1, 0.15) is 0 Å². The number of hydrogen-bond donors (Lipinski definition) is 1. The van der Waals surface area contributed by atoms with Crippen LogP contribution in [0, 0.1) is 5.41 Å². The lowest BCUT2D eigenvalue weighted by Gasteiger charge is -2.50. The van der Waals surface area contributed by atoms with Crippen molar-refractivity contribution >= 4 is 5.97 Å². The summed E-state index contributed by atoms with van der Waals surface area (Å²) in [6, 6.07) is 11.4. The first-order chi connectivity index (χ1) is 20.1. The summed E-state index contributed by atoms with van der Waals surface area (Å²) in [4.78, 5) is 15.2. The number of nitrogens with one attached hydrogen (secondary N) is 1. The monoisotopic (exact) mass is 612 g/mol. The second-order valence-corrected chi connectivity index (χ2v) is 12.6. The number of rotatable bonds is 7. The van der Waals surface area contributed by atoms with Crippen LogP contribution in [0.4, 0.5) is 26.3 Å². The number of piperidine rings is 2. The molecule has 3 aliphatic heterocycles. The highest BCUT2D eigenvalue weighted by molar-refractivity contribution is 5.76. The Labute approximate surface area is 247 Å². The van der Waals surface area contributed by atoms with Crippen LogP contribution in [0.15, 0.2) is 48.5 Å². The van der Waals surface area contributed by atoms with Crippen molar-refractivity contribution in [1.82, 2.24) is 10.2 Å². The van der Waals surface area contributed by atoms with Gasteiger partial charge >= 0.3 is 18.3 Å². The Balaban J connectivity index is 1.45. The lowest BCUT2D eigenvalue weighted by molar-refractivity contribution is -0.158. The van der Waals surface area contributed by atoms with E-state index in [1.165, 1.54) is 0 Å². The Morgan fingerprint density at radius 2 is 1.65 bits per heavy atom. The molecule has 5 rings (SSSR count). The summed E-state index contributed by atoms with van der Waals surface area (Å²) in [5, 5.41) is 3.80. The first kappa shape index (κ1) is 31.8. The molecule has 0 aliphatic carbocycles. The molecule has 0 saturated carbocycles. The number of nitrogens with zero attached hydrogens (tertiary/aromatic N) is 1. The van der Waals surface area contributed by atoms with Gasteiger partial charge in [-0.05, 0) is 88.7 Å². The summed E-state index contributed by atoms with van der Waals surface area (Å²) in [5.41, 5.74) is -4.31. The molecule has 2 bridgehead atoms. The number of ether oxygens (including phenoxy) is 2. The molecule has 5 nitrogen and oxygen atoms in total. The number of carbonyl (C=O) groups excluding carboxylic acids is 1. The number of likely N-dealkylation sites (tertiary alicyclic amines) is 1. The largest absolute Gasteiger partial charge is 0.466 e. The van der Waals surface area contributed by atoms with Crippen LogP contribution >= 0.6 is 0 Å². The molecule has 43 heavy (non-hydrogen) atoms. The topological polar surface area (TPSA) is 50.8 Å². The van der Waals surface area contributed by atoms with Gasteiger partial charge in [0, 0.05) is 18.6 Å². The lowest BCUT2D eigenvalue weighted by atomic mass is 9.71. The van der Waals surface area contributed by atoms with E-state index in [2.05, 4.69) is 10.2 Å². The van der Waals surface area contributed by atoms with Crippen molar-refractivity contribution in [3.05, 3.63) is 70.8 Å². The molecule has 1 N–H and O–H groups in total. The number of carbonyl (C=O) groups is 1. The first-order valence-electron chi connectivity index (χ1n) is 14.8. The maximum Gasteiger partial charge on any atom is 0.416 e.